The average molecular weight is 445 g/mol. The Morgan fingerprint density at radius 3 is 1.32 bits per heavy atom. The maximum atomic E-state index is 10.5. The third-order valence-corrected chi connectivity index (χ3v) is 6.11. The zero-order valence-electron chi connectivity index (χ0n) is 18.8. The Balaban J connectivity index is 0. The van der Waals surface area contributed by atoms with Gasteiger partial charge in [-0.15, -0.1) is 0 Å². The van der Waals surface area contributed by atoms with Crippen molar-refractivity contribution < 1.29 is 69.5 Å². The molecule has 0 bridgehead atoms. The Bertz CT molecular complexity index is 401. The summed E-state index contributed by atoms with van der Waals surface area (Å²) in [5.74, 6) is -0.200. The molecule has 6 heteroatoms. The minimum atomic E-state index is -4.01. The van der Waals surface area contributed by atoms with Gasteiger partial charge in [0.15, 0.2) is 0 Å². The summed E-state index contributed by atoms with van der Waals surface area (Å²) < 4.78 is 31.4. The molecule has 0 saturated heterocycles. The van der Waals surface area contributed by atoms with E-state index in [0.717, 1.165) is 38.5 Å². The largest absolute Gasteiger partial charge is 1.00 e. The quantitative estimate of drug-likeness (QED) is 0.167. The van der Waals surface area contributed by atoms with Crippen molar-refractivity contribution in [3.8, 4) is 0 Å². The predicted octanol–water partition coefficient (Wildman–Crippen LogP) is 3.33. The fourth-order valence-electron chi connectivity index (χ4n) is 3.54. The number of hydrogen-bond acceptors (Lipinski definition) is 4. The van der Waals surface area contributed by atoms with Gasteiger partial charge in [-0.05, 0) is 19.3 Å². The number of aliphatic hydroxyl groups is 1. The molecule has 28 heavy (non-hydrogen) atoms. The van der Waals surface area contributed by atoms with Gasteiger partial charge in [-0.3, -0.25) is 0 Å². The molecule has 0 saturated carbocycles. The molecule has 1 atom stereocenters. The summed E-state index contributed by atoms with van der Waals surface area (Å²) in [7, 11) is -4.01. The molecule has 1 N–H and O–H groups in total. The average Bonchev–Trinajstić information content (AvgIpc) is 2.61. The van der Waals surface area contributed by atoms with Crippen molar-refractivity contribution >= 4 is 10.1 Å². The third-order valence-electron chi connectivity index (χ3n) is 5.32. The molecular formula is C22H45KO4S. The van der Waals surface area contributed by atoms with E-state index in [2.05, 4.69) is 6.92 Å². The Morgan fingerprint density at radius 1 is 0.643 bits per heavy atom. The molecule has 0 aromatic heterocycles. The molecule has 4 nitrogen and oxygen atoms in total. The van der Waals surface area contributed by atoms with E-state index < -0.39 is 10.1 Å². The molecule has 0 spiro atoms. The molecule has 0 aromatic rings. The molecular weight excluding hydrogens is 399 g/mol. The van der Waals surface area contributed by atoms with Gasteiger partial charge in [-0.25, -0.2) is 8.42 Å². The first-order valence-electron chi connectivity index (χ1n) is 11.6. The predicted molar refractivity (Wildman–Crippen MR) is 114 cm³/mol. The molecule has 0 rings (SSSR count). The zero-order valence-corrected chi connectivity index (χ0v) is 22.7. The fourth-order valence-corrected chi connectivity index (χ4v) is 4.10. The molecule has 0 heterocycles. The van der Waals surface area contributed by atoms with Crippen molar-refractivity contribution in [2.24, 2.45) is 0 Å². The number of unbranched alkanes of at least 4 members (excludes halogenated alkanes) is 15. The van der Waals surface area contributed by atoms with Crippen molar-refractivity contribution in [2.45, 2.75) is 135 Å². The third kappa shape index (κ3) is 27.5. The fraction of sp³-hybridized carbons (Fsp3) is 1.00. The number of hydrogen-bond donors (Lipinski definition) is 1. The van der Waals surface area contributed by atoms with Crippen LogP contribution in [-0.4, -0.2) is 29.9 Å². The van der Waals surface area contributed by atoms with Crippen LogP contribution in [0.2, 0.25) is 0 Å². The van der Waals surface area contributed by atoms with Crippen LogP contribution in [0.25, 0.3) is 0 Å². The Labute approximate surface area is 218 Å². The minimum Gasteiger partial charge on any atom is -0.748 e. The first-order valence-corrected chi connectivity index (χ1v) is 13.1. The van der Waals surface area contributed by atoms with Crippen LogP contribution in [0.5, 0.6) is 0 Å². The maximum absolute atomic E-state index is 10.5. The van der Waals surface area contributed by atoms with Crippen molar-refractivity contribution in [3.05, 3.63) is 0 Å². The van der Waals surface area contributed by atoms with Crippen LogP contribution in [0, 0.1) is 0 Å². The standard InChI is InChI=1S/C22H46O4S.K/c1-2-3-19-22(23)20-17-15-13-11-9-7-5-4-6-8-10-12-14-16-18-21-27(24,25)26;/h22-23H,2-21H2,1H3,(H,24,25,26);/q;+1/p-1. The minimum absolute atomic E-state index is 0. The Morgan fingerprint density at radius 2 is 0.964 bits per heavy atom. The van der Waals surface area contributed by atoms with Crippen LogP contribution in [-0.2, 0) is 10.1 Å². The van der Waals surface area contributed by atoms with E-state index in [1.54, 1.807) is 0 Å². The Hall–Kier alpha value is 1.51. The molecule has 0 aliphatic rings. The van der Waals surface area contributed by atoms with E-state index >= 15 is 0 Å². The topological polar surface area (TPSA) is 77.4 Å². The molecule has 0 aliphatic heterocycles. The zero-order chi connectivity index (χ0) is 20.2. The number of rotatable bonds is 21. The van der Waals surface area contributed by atoms with Gasteiger partial charge in [0.2, 0.25) is 0 Å². The molecule has 0 amide bonds. The second-order valence-corrected chi connectivity index (χ2v) is 9.67. The van der Waals surface area contributed by atoms with E-state index in [1.165, 1.54) is 77.0 Å². The SMILES string of the molecule is CCCCC(O)CCCCCCCCCCCCCCCCCS(=O)(=O)[O-].[K+]. The van der Waals surface area contributed by atoms with E-state index in [0.29, 0.717) is 6.42 Å². The van der Waals surface area contributed by atoms with E-state index in [1.807, 2.05) is 0 Å². The first kappa shape index (κ1) is 31.7. The normalized spacial score (nSPS) is 12.7. The van der Waals surface area contributed by atoms with Crippen molar-refractivity contribution in [3.63, 3.8) is 0 Å². The van der Waals surface area contributed by atoms with Crippen LogP contribution in [0.4, 0.5) is 0 Å². The van der Waals surface area contributed by atoms with Gasteiger partial charge in [0.1, 0.15) is 0 Å². The van der Waals surface area contributed by atoms with Crippen LogP contribution >= 0.6 is 0 Å². The molecule has 0 fully saturated rings. The Kier molecular flexibility index (Phi) is 26.2. The van der Waals surface area contributed by atoms with Gasteiger partial charge in [0.05, 0.1) is 16.2 Å². The summed E-state index contributed by atoms with van der Waals surface area (Å²) in [5.41, 5.74) is 0. The summed E-state index contributed by atoms with van der Waals surface area (Å²) in [4.78, 5) is 0. The van der Waals surface area contributed by atoms with Crippen LogP contribution in [0.1, 0.15) is 129 Å². The smallest absolute Gasteiger partial charge is 0.748 e. The second kappa shape index (κ2) is 23.2. The summed E-state index contributed by atoms with van der Waals surface area (Å²) in [6.45, 7) is 2.17. The van der Waals surface area contributed by atoms with Crippen molar-refractivity contribution in [1.29, 1.82) is 0 Å². The van der Waals surface area contributed by atoms with Crippen LogP contribution in [0.3, 0.4) is 0 Å². The van der Waals surface area contributed by atoms with Gasteiger partial charge in [0, 0.05) is 5.75 Å². The summed E-state index contributed by atoms with van der Waals surface area (Å²) in [6.07, 6.45) is 22.1. The second-order valence-electron chi connectivity index (χ2n) is 8.15. The van der Waals surface area contributed by atoms with Gasteiger partial charge in [0.25, 0.3) is 0 Å². The van der Waals surface area contributed by atoms with Gasteiger partial charge >= 0.3 is 51.4 Å². The molecule has 164 valence electrons. The summed E-state index contributed by atoms with van der Waals surface area (Å²) in [5, 5.41) is 9.79. The van der Waals surface area contributed by atoms with E-state index in [-0.39, 0.29) is 63.2 Å². The monoisotopic (exact) mass is 444 g/mol. The molecule has 1 unspecified atom stereocenters. The van der Waals surface area contributed by atoms with E-state index in [9.17, 15) is 18.1 Å². The van der Waals surface area contributed by atoms with Gasteiger partial charge in [-0.2, -0.15) is 0 Å². The molecule has 0 aliphatic carbocycles. The summed E-state index contributed by atoms with van der Waals surface area (Å²) in [6, 6.07) is 0. The van der Waals surface area contributed by atoms with E-state index in [4.69, 9.17) is 0 Å². The van der Waals surface area contributed by atoms with Gasteiger partial charge in [-0.1, -0.05) is 110 Å². The first-order chi connectivity index (χ1) is 13.0. The van der Waals surface area contributed by atoms with Crippen molar-refractivity contribution in [2.75, 3.05) is 5.75 Å². The van der Waals surface area contributed by atoms with Crippen LogP contribution < -0.4 is 51.4 Å². The molecule has 0 radical (unpaired) electrons. The maximum Gasteiger partial charge on any atom is 1.00 e. The number of aliphatic hydroxyl groups excluding tert-OH is 1. The molecule has 0 aromatic carbocycles. The van der Waals surface area contributed by atoms with Crippen molar-refractivity contribution in [1.82, 2.24) is 0 Å². The van der Waals surface area contributed by atoms with Gasteiger partial charge < -0.3 is 9.66 Å². The summed E-state index contributed by atoms with van der Waals surface area (Å²) >= 11 is 0. The van der Waals surface area contributed by atoms with Crippen LogP contribution in [0.15, 0.2) is 0 Å².